The van der Waals surface area contributed by atoms with Gasteiger partial charge < -0.3 is 10.4 Å². The van der Waals surface area contributed by atoms with Gasteiger partial charge in [0.1, 0.15) is 11.8 Å². The van der Waals surface area contributed by atoms with Crippen LogP contribution in [0.1, 0.15) is 29.8 Å². The first-order chi connectivity index (χ1) is 13.6. The normalized spacial score (nSPS) is 17.0. The molecule has 0 saturated carbocycles. The van der Waals surface area contributed by atoms with Crippen LogP contribution in [0.5, 0.6) is 0 Å². The third-order valence-corrected chi connectivity index (χ3v) is 4.38. The third-order valence-electron chi connectivity index (χ3n) is 4.38. The van der Waals surface area contributed by atoms with Crippen LogP contribution < -0.4 is 10.2 Å². The molecule has 0 saturated heterocycles. The van der Waals surface area contributed by atoms with Gasteiger partial charge in [-0.25, -0.2) is 14.6 Å². The molecule has 2 aromatic rings. The number of alkyl halides is 3. The summed E-state index contributed by atoms with van der Waals surface area (Å²) in [4.78, 5) is 29.3. The van der Waals surface area contributed by atoms with Crippen molar-refractivity contribution >= 4 is 17.7 Å². The number of aromatic nitrogens is 1. The molecule has 2 N–H and O–H groups in total. The zero-order valence-electron chi connectivity index (χ0n) is 14.9. The summed E-state index contributed by atoms with van der Waals surface area (Å²) in [6.07, 6.45) is -3.36. The Balaban J connectivity index is 2.10. The van der Waals surface area contributed by atoms with E-state index < -0.39 is 29.8 Å². The van der Waals surface area contributed by atoms with Gasteiger partial charge in [-0.1, -0.05) is 12.1 Å². The number of carboxylic acid groups (broad SMARTS) is 1. The van der Waals surface area contributed by atoms with Crippen molar-refractivity contribution in [2.24, 2.45) is 0 Å². The summed E-state index contributed by atoms with van der Waals surface area (Å²) >= 11 is 0. The number of allylic oxidation sites excluding steroid dienone is 1. The van der Waals surface area contributed by atoms with E-state index in [-0.39, 0.29) is 22.7 Å². The molecule has 7 nitrogen and oxygen atoms in total. The third kappa shape index (κ3) is 3.75. The predicted octanol–water partition coefficient (Wildman–Crippen LogP) is 3.60. The largest absolute Gasteiger partial charge is 0.478 e. The molecule has 29 heavy (non-hydrogen) atoms. The van der Waals surface area contributed by atoms with Gasteiger partial charge in [0, 0.05) is 11.9 Å². The van der Waals surface area contributed by atoms with Crippen LogP contribution in [0.3, 0.4) is 0 Å². The summed E-state index contributed by atoms with van der Waals surface area (Å²) in [5.41, 5.74) is -0.920. The number of amides is 2. The number of nitriles is 1. The second-order valence-corrected chi connectivity index (χ2v) is 6.16. The molecule has 2 amide bonds. The van der Waals surface area contributed by atoms with Gasteiger partial charge >= 0.3 is 18.2 Å². The molecule has 1 aromatic heterocycles. The fraction of sp³-hybridized carbons (Fsp3) is 0.158. The second-order valence-electron chi connectivity index (χ2n) is 6.16. The van der Waals surface area contributed by atoms with Crippen LogP contribution in [0.15, 0.2) is 53.9 Å². The van der Waals surface area contributed by atoms with E-state index in [2.05, 4.69) is 10.3 Å². The van der Waals surface area contributed by atoms with Crippen molar-refractivity contribution in [3.63, 3.8) is 0 Å². The van der Waals surface area contributed by atoms with Crippen molar-refractivity contribution in [2.75, 3.05) is 4.90 Å². The zero-order chi connectivity index (χ0) is 21.3. The highest BCUT2D eigenvalue weighted by Crippen LogP contribution is 2.36. The lowest BCUT2D eigenvalue weighted by Gasteiger charge is -2.35. The van der Waals surface area contributed by atoms with Crippen molar-refractivity contribution < 1.29 is 27.9 Å². The predicted molar refractivity (Wildman–Crippen MR) is 94.5 cm³/mol. The molecule has 1 aliphatic rings. The van der Waals surface area contributed by atoms with Crippen molar-refractivity contribution in [1.29, 1.82) is 5.26 Å². The van der Waals surface area contributed by atoms with E-state index in [1.807, 2.05) is 6.07 Å². The SMILES string of the molecule is CC1=C(C(=O)O)C(c2ccc(C#N)nc2)NC(=O)N1c1cccc(C(F)(F)F)c1. The lowest BCUT2D eigenvalue weighted by Crippen LogP contribution is -2.48. The van der Waals surface area contributed by atoms with Crippen LogP contribution in [0, 0.1) is 11.3 Å². The van der Waals surface area contributed by atoms with Crippen molar-refractivity contribution in [3.8, 4) is 6.07 Å². The van der Waals surface area contributed by atoms with Gasteiger partial charge in [-0.2, -0.15) is 18.4 Å². The number of carbonyl (C=O) groups is 2. The number of benzene rings is 1. The van der Waals surface area contributed by atoms with Crippen LogP contribution in [-0.2, 0) is 11.0 Å². The fourth-order valence-electron chi connectivity index (χ4n) is 3.04. The second kappa shape index (κ2) is 7.27. The van der Waals surface area contributed by atoms with E-state index in [0.717, 1.165) is 23.1 Å². The Bertz CT molecular complexity index is 1060. The van der Waals surface area contributed by atoms with Gasteiger partial charge in [-0.05, 0) is 36.8 Å². The summed E-state index contributed by atoms with van der Waals surface area (Å²) in [6.45, 7) is 1.34. The molecule has 0 radical (unpaired) electrons. The van der Waals surface area contributed by atoms with Crippen molar-refractivity contribution in [1.82, 2.24) is 10.3 Å². The highest BCUT2D eigenvalue weighted by Gasteiger charge is 2.37. The van der Waals surface area contributed by atoms with Gasteiger partial charge in [0.2, 0.25) is 0 Å². The van der Waals surface area contributed by atoms with Gasteiger partial charge in [0.25, 0.3) is 0 Å². The lowest BCUT2D eigenvalue weighted by molar-refractivity contribution is -0.137. The number of rotatable bonds is 3. The molecule has 0 spiro atoms. The van der Waals surface area contributed by atoms with E-state index in [4.69, 9.17) is 5.26 Å². The first kappa shape index (κ1) is 19.9. The highest BCUT2D eigenvalue weighted by molar-refractivity contribution is 6.02. The molecule has 1 unspecified atom stereocenters. The summed E-state index contributed by atoms with van der Waals surface area (Å²) < 4.78 is 39.1. The van der Waals surface area contributed by atoms with E-state index in [9.17, 15) is 27.9 Å². The summed E-state index contributed by atoms with van der Waals surface area (Å²) in [6, 6.07) is 6.82. The number of nitrogens with zero attached hydrogens (tertiary/aromatic N) is 3. The van der Waals surface area contributed by atoms with Gasteiger partial charge in [-0.15, -0.1) is 0 Å². The first-order valence-corrected chi connectivity index (χ1v) is 8.21. The zero-order valence-corrected chi connectivity index (χ0v) is 14.9. The number of nitrogens with one attached hydrogen (secondary N) is 1. The van der Waals surface area contributed by atoms with E-state index >= 15 is 0 Å². The Morgan fingerprint density at radius 3 is 2.59 bits per heavy atom. The number of carbonyl (C=O) groups excluding carboxylic acids is 1. The molecule has 1 atom stereocenters. The van der Waals surface area contributed by atoms with Gasteiger partial charge in [0.15, 0.2) is 0 Å². The summed E-state index contributed by atoms with van der Waals surface area (Å²) in [7, 11) is 0. The first-order valence-electron chi connectivity index (χ1n) is 8.21. The maximum absolute atomic E-state index is 13.0. The van der Waals surface area contributed by atoms with E-state index in [1.54, 1.807) is 0 Å². The number of hydrogen-bond donors (Lipinski definition) is 2. The Hall–Kier alpha value is -3.87. The monoisotopic (exact) mass is 402 g/mol. The molecule has 0 bridgehead atoms. The fourth-order valence-corrected chi connectivity index (χ4v) is 3.04. The van der Waals surface area contributed by atoms with Crippen molar-refractivity contribution in [2.45, 2.75) is 19.1 Å². The smallest absolute Gasteiger partial charge is 0.416 e. The quantitative estimate of drug-likeness (QED) is 0.816. The summed E-state index contributed by atoms with van der Waals surface area (Å²) in [5, 5.41) is 21.0. The molecular formula is C19H13F3N4O3. The number of carboxylic acids is 1. The standard InChI is InChI=1S/C19H13F3N4O3/c1-10-15(17(27)28)16(11-5-6-13(8-23)24-9-11)25-18(29)26(10)14-4-2-3-12(7-14)19(20,21)22/h2-7,9,16H,1H3,(H,25,29)(H,27,28). The van der Waals surface area contributed by atoms with Crippen LogP contribution in [0.4, 0.5) is 23.7 Å². The molecule has 10 heteroatoms. The maximum atomic E-state index is 13.0. The van der Waals surface area contributed by atoms with Crippen LogP contribution in [0.25, 0.3) is 0 Å². The minimum atomic E-state index is -4.62. The molecule has 3 rings (SSSR count). The molecule has 1 aromatic carbocycles. The Morgan fingerprint density at radius 2 is 2.03 bits per heavy atom. The minimum absolute atomic E-state index is 0.0325. The maximum Gasteiger partial charge on any atom is 0.416 e. The van der Waals surface area contributed by atoms with Crippen LogP contribution in [0.2, 0.25) is 0 Å². The van der Waals surface area contributed by atoms with Crippen molar-refractivity contribution in [3.05, 3.63) is 70.7 Å². The van der Waals surface area contributed by atoms with Gasteiger partial charge in [-0.3, -0.25) is 4.90 Å². The van der Waals surface area contributed by atoms with Crippen LogP contribution in [-0.4, -0.2) is 22.1 Å². The van der Waals surface area contributed by atoms with Gasteiger partial charge in [0.05, 0.1) is 22.9 Å². The number of hydrogen-bond acceptors (Lipinski definition) is 4. The number of urea groups is 1. The Morgan fingerprint density at radius 1 is 1.31 bits per heavy atom. The van der Waals surface area contributed by atoms with Crippen LogP contribution >= 0.6 is 0 Å². The number of aliphatic carboxylic acids is 1. The Labute approximate surface area is 162 Å². The van der Waals surface area contributed by atoms with E-state index in [1.165, 1.54) is 31.3 Å². The highest BCUT2D eigenvalue weighted by atomic mass is 19.4. The number of anilines is 1. The molecule has 1 aliphatic heterocycles. The van der Waals surface area contributed by atoms with E-state index in [0.29, 0.717) is 5.56 Å². The topological polar surface area (TPSA) is 106 Å². The number of halogens is 3. The Kier molecular flexibility index (Phi) is 4.99. The molecular weight excluding hydrogens is 389 g/mol. The minimum Gasteiger partial charge on any atom is -0.478 e. The lowest BCUT2D eigenvalue weighted by atomic mass is 9.95. The summed E-state index contributed by atoms with van der Waals surface area (Å²) in [5.74, 6) is -1.35. The molecule has 2 heterocycles. The molecule has 148 valence electrons. The molecule has 0 aliphatic carbocycles. The average Bonchev–Trinajstić information content (AvgIpc) is 2.67. The average molecular weight is 402 g/mol. The molecule has 0 fully saturated rings. The number of pyridine rings is 1.